The molecule has 0 heterocycles. The number of nitrogen functional groups attached to an aromatic ring is 1. The van der Waals surface area contributed by atoms with E-state index in [0.29, 0.717) is 0 Å². The minimum Gasteiger partial charge on any atom is -0.384 e. The highest BCUT2D eigenvalue weighted by atomic mass is 32.2. The molecule has 104 valence electrons. The lowest BCUT2D eigenvalue weighted by atomic mass is 10.1. The van der Waals surface area contributed by atoms with Crippen molar-refractivity contribution in [2.24, 2.45) is 5.73 Å². The fourth-order valence-corrected chi connectivity index (χ4v) is 3.10. The largest absolute Gasteiger partial charge is 0.384 e. The van der Waals surface area contributed by atoms with Crippen molar-refractivity contribution in [2.75, 3.05) is 0 Å². The molecule has 0 unspecified atom stereocenters. The van der Waals surface area contributed by atoms with Crippen LogP contribution >= 0.6 is 11.8 Å². The van der Waals surface area contributed by atoms with E-state index in [0.717, 1.165) is 11.3 Å². The van der Waals surface area contributed by atoms with Crippen molar-refractivity contribution in [3.05, 3.63) is 77.9 Å². The highest BCUT2D eigenvalue weighted by Gasteiger charge is 2.00. The molecule has 3 rings (SSSR count). The average Bonchev–Trinajstić information content (AvgIpc) is 2.53. The molecular weight excluding hydrogens is 276 g/mol. The second kappa shape index (κ2) is 6.02. The van der Waals surface area contributed by atoms with E-state index >= 15 is 0 Å². The summed E-state index contributed by atoms with van der Waals surface area (Å²) in [6.45, 7) is 0. The molecule has 0 radical (unpaired) electrons. The quantitative estimate of drug-likeness (QED) is 0.425. The summed E-state index contributed by atoms with van der Waals surface area (Å²) in [5.41, 5.74) is 7.47. The molecule has 0 saturated carbocycles. The van der Waals surface area contributed by atoms with Gasteiger partial charge in [-0.2, -0.15) is 0 Å². The number of hydrogen-bond donors (Lipinski definition) is 2. The number of thioether (sulfide) groups is 1. The zero-order chi connectivity index (χ0) is 14.7. The number of hydrogen-bond acceptors (Lipinski definition) is 2. The number of benzene rings is 3. The predicted octanol–water partition coefficient (Wildman–Crippen LogP) is 4.42. The molecule has 3 aromatic rings. The van der Waals surface area contributed by atoms with Crippen LogP contribution in [0, 0.1) is 5.41 Å². The van der Waals surface area contributed by atoms with Crippen LogP contribution in [0.5, 0.6) is 0 Å². The first kappa shape index (κ1) is 13.7. The van der Waals surface area contributed by atoms with Crippen molar-refractivity contribution in [2.45, 2.75) is 10.6 Å². The van der Waals surface area contributed by atoms with Crippen molar-refractivity contribution in [1.29, 1.82) is 5.41 Å². The molecule has 0 aliphatic heterocycles. The first-order chi connectivity index (χ1) is 10.2. The molecule has 3 N–H and O–H groups in total. The van der Waals surface area contributed by atoms with Gasteiger partial charge in [-0.05, 0) is 28.5 Å². The lowest BCUT2D eigenvalue weighted by Gasteiger charge is -2.05. The number of nitrogens with one attached hydrogen (secondary N) is 1. The van der Waals surface area contributed by atoms with E-state index in [2.05, 4.69) is 42.5 Å². The van der Waals surface area contributed by atoms with Gasteiger partial charge in [0.2, 0.25) is 0 Å². The van der Waals surface area contributed by atoms with Gasteiger partial charge in [0.1, 0.15) is 5.84 Å². The minimum atomic E-state index is 0.115. The molecule has 0 bridgehead atoms. The molecule has 0 amide bonds. The van der Waals surface area contributed by atoms with Crippen LogP contribution in [0.1, 0.15) is 11.1 Å². The molecule has 0 saturated heterocycles. The van der Waals surface area contributed by atoms with E-state index in [1.165, 1.54) is 21.2 Å². The van der Waals surface area contributed by atoms with Crippen LogP contribution in [0.4, 0.5) is 0 Å². The Labute approximate surface area is 128 Å². The molecular formula is C18H16N2S. The third-order valence-electron chi connectivity index (χ3n) is 3.39. The number of fused-ring (bicyclic) bond motifs is 1. The van der Waals surface area contributed by atoms with E-state index in [4.69, 9.17) is 11.1 Å². The summed E-state index contributed by atoms with van der Waals surface area (Å²) in [5, 5.41) is 9.94. The van der Waals surface area contributed by atoms with Gasteiger partial charge in [0.25, 0.3) is 0 Å². The van der Waals surface area contributed by atoms with Gasteiger partial charge in [-0.25, -0.2) is 0 Å². The summed E-state index contributed by atoms with van der Waals surface area (Å²) in [5.74, 6) is 1.03. The standard InChI is InChI=1S/C18H16N2S/c19-18(20)15-7-5-13(6-8-15)12-21-17-10-9-14-3-1-2-4-16(14)11-17/h1-11H,12H2,(H3,19,20). The minimum absolute atomic E-state index is 0.115. The molecule has 3 heteroatoms. The van der Waals surface area contributed by atoms with Crippen molar-refractivity contribution < 1.29 is 0 Å². The van der Waals surface area contributed by atoms with Crippen molar-refractivity contribution >= 4 is 28.4 Å². The fourth-order valence-electron chi connectivity index (χ4n) is 2.20. The summed E-state index contributed by atoms with van der Waals surface area (Å²) in [6.07, 6.45) is 0. The Bertz CT molecular complexity index is 779. The summed E-state index contributed by atoms with van der Waals surface area (Å²) in [4.78, 5) is 1.27. The molecule has 0 aliphatic rings. The molecule has 3 aromatic carbocycles. The van der Waals surface area contributed by atoms with Crippen LogP contribution in [0.25, 0.3) is 10.8 Å². The Morgan fingerprint density at radius 3 is 2.33 bits per heavy atom. The van der Waals surface area contributed by atoms with Gasteiger partial charge in [0.15, 0.2) is 0 Å². The first-order valence-corrected chi connectivity index (χ1v) is 7.76. The summed E-state index contributed by atoms with van der Waals surface area (Å²) in [7, 11) is 0. The summed E-state index contributed by atoms with van der Waals surface area (Å²) in [6, 6.07) is 22.8. The zero-order valence-corrected chi connectivity index (χ0v) is 12.4. The van der Waals surface area contributed by atoms with Crippen LogP contribution in [0.3, 0.4) is 0 Å². The van der Waals surface area contributed by atoms with Gasteiger partial charge in [0, 0.05) is 16.2 Å². The lowest BCUT2D eigenvalue weighted by molar-refractivity contribution is 1.36. The van der Waals surface area contributed by atoms with Crippen molar-refractivity contribution in [3.8, 4) is 0 Å². The van der Waals surface area contributed by atoms with E-state index in [1.54, 1.807) is 0 Å². The van der Waals surface area contributed by atoms with E-state index < -0.39 is 0 Å². The van der Waals surface area contributed by atoms with Gasteiger partial charge in [-0.1, -0.05) is 54.6 Å². The van der Waals surface area contributed by atoms with Gasteiger partial charge >= 0.3 is 0 Å². The Kier molecular flexibility index (Phi) is 3.93. The van der Waals surface area contributed by atoms with Crippen molar-refractivity contribution in [1.82, 2.24) is 0 Å². The second-order valence-electron chi connectivity index (χ2n) is 4.91. The third-order valence-corrected chi connectivity index (χ3v) is 4.46. The molecule has 0 spiro atoms. The number of rotatable bonds is 4. The Morgan fingerprint density at radius 1 is 0.905 bits per heavy atom. The van der Waals surface area contributed by atoms with E-state index in [-0.39, 0.29) is 5.84 Å². The maximum Gasteiger partial charge on any atom is 0.122 e. The summed E-state index contributed by atoms with van der Waals surface area (Å²) >= 11 is 1.82. The maximum atomic E-state index is 7.39. The van der Waals surface area contributed by atoms with Gasteiger partial charge in [0.05, 0.1) is 0 Å². The molecule has 0 fully saturated rings. The number of amidine groups is 1. The van der Waals surface area contributed by atoms with Crippen LogP contribution in [0.2, 0.25) is 0 Å². The first-order valence-electron chi connectivity index (χ1n) is 6.77. The van der Waals surface area contributed by atoms with Gasteiger partial charge < -0.3 is 5.73 Å². The van der Waals surface area contributed by atoms with Crippen molar-refractivity contribution in [3.63, 3.8) is 0 Å². The van der Waals surface area contributed by atoms with Gasteiger partial charge in [-0.15, -0.1) is 11.8 Å². The highest BCUT2D eigenvalue weighted by Crippen LogP contribution is 2.26. The maximum absolute atomic E-state index is 7.39. The second-order valence-corrected chi connectivity index (χ2v) is 5.96. The Hall–Kier alpha value is -2.26. The lowest BCUT2D eigenvalue weighted by Crippen LogP contribution is -2.10. The van der Waals surface area contributed by atoms with Crippen LogP contribution in [0.15, 0.2) is 71.6 Å². The van der Waals surface area contributed by atoms with Crippen LogP contribution < -0.4 is 5.73 Å². The molecule has 0 aromatic heterocycles. The van der Waals surface area contributed by atoms with Gasteiger partial charge in [-0.3, -0.25) is 5.41 Å². The highest BCUT2D eigenvalue weighted by molar-refractivity contribution is 7.98. The Morgan fingerprint density at radius 2 is 1.62 bits per heavy atom. The van der Waals surface area contributed by atoms with Crippen LogP contribution in [-0.4, -0.2) is 5.84 Å². The van der Waals surface area contributed by atoms with E-state index in [9.17, 15) is 0 Å². The Balaban J connectivity index is 1.72. The molecule has 21 heavy (non-hydrogen) atoms. The average molecular weight is 292 g/mol. The zero-order valence-electron chi connectivity index (χ0n) is 11.5. The third kappa shape index (κ3) is 3.26. The molecule has 2 nitrogen and oxygen atoms in total. The van der Waals surface area contributed by atoms with E-state index in [1.807, 2.05) is 36.0 Å². The summed E-state index contributed by atoms with van der Waals surface area (Å²) < 4.78 is 0. The SMILES string of the molecule is N=C(N)c1ccc(CSc2ccc3ccccc3c2)cc1. The van der Waals surface area contributed by atoms with Crippen LogP contribution in [-0.2, 0) is 5.75 Å². The predicted molar refractivity (Wildman–Crippen MR) is 91.0 cm³/mol. The molecule has 0 atom stereocenters. The number of nitrogens with two attached hydrogens (primary N) is 1. The normalized spacial score (nSPS) is 10.7. The smallest absolute Gasteiger partial charge is 0.122 e. The monoisotopic (exact) mass is 292 g/mol. The molecule has 0 aliphatic carbocycles. The fraction of sp³-hybridized carbons (Fsp3) is 0.0556. The topological polar surface area (TPSA) is 49.9 Å².